The van der Waals surface area contributed by atoms with E-state index in [0.29, 0.717) is 6.61 Å². The standard InChI is InChI=1S/C14H18O2/c1-11(13-6-4-3-5-7-13)8-9-14-15-10-12(2)16-14/h3-7,12,14H,1,8-10H2,2H3. The van der Waals surface area contributed by atoms with Crippen LogP contribution >= 0.6 is 0 Å². The van der Waals surface area contributed by atoms with Gasteiger partial charge in [-0.05, 0) is 24.5 Å². The topological polar surface area (TPSA) is 18.5 Å². The molecular formula is C14H18O2. The Morgan fingerprint density at radius 3 is 2.75 bits per heavy atom. The molecule has 1 fully saturated rings. The maximum Gasteiger partial charge on any atom is 0.158 e. The molecule has 2 unspecified atom stereocenters. The first-order valence-corrected chi connectivity index (χ1v) is 5.76. The van der Waals surface area contributed by atoms with E-state index in [1.165, 1.54) is 5.56 Å². The predicted molar refractivity (Wildman–Crippen MR) is 65.0 cm³/mol. The van der Waals surface area contributed by atoms with Crippen molar-refractivity contribution in [3.63, 3.8) is 0 Å². The van der Waals surface area contributed by atoms with E-state index in [1.54, 1.807) is 0 Å². The lowest BCUT2D eigenvalue weighted by Gasteiger charge is -2.11. The first kappa shape index (κ1) is 11.4. The van der Waals surface area contributed by atoms with E-state index in [9.17, 15) is 0 Å². The molecule has 1 aromatic carbocycles. The summed E-state index contributed by atoms with van der Waals surface area (Å²) in [4.78, 5) is 0. The van der Waals surface area contributed by atoms with Crippen LogP contribution in [0.5, 0.6) is 0 Å². The summed E-state index contributed by atoms with van der Waals surface area (Å²) in [7, 11) is 0. The Bertz CT molecular complexity index is 345. The van der Waals surface area contributed by atoms with Gasteiger partial charge in [-0.25, -0.2) is 0 Å². The fourth-order valence-corrected chi connectivity index (χ4v) is 1.84. The Morgan fingerprint density at radius 2 is 2.12 bits per heavy atom. The van der Waals surface area contributed by atoms with Crippen LogP contribution in [0.1, 0.15) is 25.3 Å². The monoisotopic (exact) mass is 218 g/mol. The van der Waals surface area contributed by atoms with Crippen LogP contribution in [0.4, 0.5) is 0 Å². The van der Waals surface area contributed by atoms with E-state index in [1.807, 2.05) is 25.1 Å². The van der Waals surface area contributed by atoms with Crippen molar-refractivity contribution in [2.45, 2.75) is 32.2 Å². The molecule has 86 valence electrons. The molecule has 0 aromatic heterocycles. The molecule has 1 saturated heterocycles. The van der Waals surface area contributed by atoms with Crippen molar-refractivity contribution >= 4 is 5.57 Å². The van der Waals surface area contributed by atoms with Gasteiger partial charge in [-0.2, -0.15) is 0 Å². The molecule has 0 bridgehead atoms. The first-order valence-electron chi connectivity index (χ1n) is 5.76. The Labute approximate surface area is 96.9 Å². The highest BCUT2D eigenvalue weighted by atomic mass is 16.7. The minimum Gasteiger partial charge on any atom is -0.350 e. The van der Waals surface area contributed by atoms with Crippen LogP contribution in [0.2, 0.25) is 0 Å². The summed E-state index contributed by atoms with van der Waals surface area (Å²) in [5.41, 5.74) is 2.35. The van der Waals surface area contributed by atoms with Crippen LogP contribution in [0.3, 0.4) is 0 Å². The number of hydrogen-bond acceptors (Lipinski definition) is 2. The molecule has 1 heterocycles. The van der Waals surface area contributed by atoms with Crippen molar-refractivity contribution < 1.29 is 9.47 Å². The highest BCUT2D eigenvalue weighted by molar-refractivity contribution is 5.62. The molecule has 0 spiro atoms. The van der Waals surface area contributed by atoms with Crippen molar-refractivity contribution in [3.05, 3.63) is 42.5 Å². The van der Waals surface area contributed by atoms with Gasteiger partial charge in [0.2, 0.25) is 0 Å². The van der Waals surface area contributed by atoms with Crippen LogP contribution in [-0.4, -0.2) is 19.0 Å². The SMILES string of the molecule is C=C(CCC1OCC(C)O1)c1ccccc1. The van der Waals surface area contributed by atoms with Crippen LogP contribution in [0.15, 0.2) is 36.9 Å². The Balaban J connectivity index is 1.80. The van der Waals surface area contributed by atoms with Crippen LogP contribution in [0, 0.1) is 0 Å². The van der Waals surface area contributed by atoms with Crippen LogP contribution in [-0.2, 0) is 9.47 Å². The van der Waals surface area contributed by atoms with Gasteiger partial charge in [0.1, 0.15) is 0 Å². The zero-order chi connectivity index (χ0) is 11.4. The van der Waals surface area contributed by atoms with E-state index in [2.05, 4.69) is 18.7 Å². The molecule has 0 saturated carbocycles. The predicted octanol–water partition coefficient (Wildman–Crippen LogP) is 3.24. The van der Waals surface area contributed by atoms with E-state index in [4.69, 9.17) is 9.47 Å². The lowest BCUT2D eigenvalue weighted by molar-refractivity contribution is -0.0579. The summed E-state index contributed by atoms with van der Waals surface area (Å²) in [5.74, 6) is 0. The molecule has 0 N–H and O–H groups in total. The summed E-state index contributed by atoms with van der Waals surface area (Å²) in [5, 5.41) is 0. The van der Waals surface area contributed by atoms with Crippen molar-refractivity contribution in [1.82, 2.24) is 0 Å². The third kappa shape index (κ3) is 2.94. The number of hydrogen-bond donors (Lipinski definition) is 0. The van der Waals surface area contributed by atoms with Gasteiger partial charge in [0.05, 0.1) is 12.7 Å². The van der Waals surface area contributed by atoms with Gasteiger partial charge in [-0.15, -0.1) is 0 Å². The van der Waals surface area contributed by atoms with Gasteiger partial charge in [-0.3, -0.25) is 0 Å². The maximum atomic E-state index is 5.58. The zero-order valence-electron chi connectivity index (χ0n) is 9.69. The van der Waals surface area contributed by atoms with Gasteiger partial charge in [0, 0.05) is 6.42 Å². The smallest absolute Gasteiger partial charge is 0.158 e. The molecule has 1 aliphatic heterocycles. The second-order valence-electron chi connectivity index (χ2n) is 4.22. The van der Waals surface area contributed by atoms with E-state index in [0.717, 1.165) is 18.4 Å². The molecule has 16 heavy (non-hydrogen) atoms. The summed E-state index contributed by atoms with van der Waals surface area (Å²) in [6.07, 6.45) is 1.99. The fraction of sp³-hybridized carbons (Fsp3) is 0.429. The molecule has 2 atom stereocenters. The quantitative estimate of drug-likeness (QED) is 0.772. The summed E-state index contributed by atoms with van der Waals surface area (Å²) >= 11 is 0. The number of allylic oxidation sites excluding steroid dienone is 1. The minimum atomic E-state index is -0.0459. The third-order valence-corrected chi connectivity index (χ3v) is 2.76. The third-order valence-electron chi connectivity index (χ3n) is 2.76. The number of rotatable bonds is 4. The largest absolute Gasteiger partial charge is 0.350 e. The van der Waals surface area contributed by atoms with E-state index < -0.39 is 0 Å². The Morgan fingerprint density at radius 1 is 1.38 bits per heavy atom. The molecule has 1 aliphatic rings. The molecule has 0 radical (unpaired) electrons. The van der Waals surface area contributed by atoms with Gasteiger partial charge in [0.25, 0.3) is 0 Å². The fourth-order valence-electron chi connectivity index (χ4n) is 1.84. The highest BCUT2D eigenvalue weighted by Gasteiger charge is 2.21. The Hall–Kier alpha value is -1.12. The van der Waals surface area contributed by atoms with Crippen molar-refractivity contribution in [2.24, 2.45) is 0 Å². The molecule has 2 rings (SSSR count). The Kier molecular flexibility index (Phi) is 3.75. The second kappa shape index (κ2) is 5.28. The average Bonchev–Trinajstić information content (AvgIpc) is 2.73. The van der Waals surface area contributed by atoms with Gasteiger partial charge in [-0.1, -0.05) is 36.9 Å². The van der Waals surface area contributed by atoms with Crippen molar-refractivity contribution in [3.8, 4) is 0 Å². The average molecular weight is 218 g/mol. The van der Waals surface area contributed by atoms with E-state index in [-0.39, 0.29) is 12.4 Å². The molecule has 0 aliphatic carbocycles. The summed E-state index contributed by atoms with van der Waals surface area (Å²) in [6, 6.07) is 10.3. The summed E-state index contributed by atoms with van der Waals surface area (Å²) < 4.78 is 11.1. The normalized spacial score (nSPS) is 24.6. The van der Waals surface area contributed by atoms with Gasteiger partial charge < -0.3 is 9.47 Å². The van der Waals surface area contributed by atoms with Crippen LogP contribution < -0.4 is 0 Å². The lowest BCUT2D eigenvalue weighted by Crippen LogP contribution is -2.09. The van der Waals surface area contributed by atoms with Gasteiger partial charge in [0.15, 0.2) is 6.29 Å². The van der Waals surface area contributed by atoms with E-state index >= 15 is 0 Å². The van der Waals surface area contributed by atoms with Gasteiger partial charge >= 0.3 is 0 Å². The zero-order valence-corrected chi connectivity index (χ0v) is 9.69. The minimum absolute atomic E-state index is 0.0459. The number of benzene rings is 1. The molecular weight excluding hydrogens is 200 g/mol. The lowest BCUT2D eigenvalue weighted by atomic mass is 10.0. The van der Waals surface area contributed by atoms with Crippen LogP contribution in [0.25, 0.3) is 5.57 Å². The number of ether oxygens (including phenoxy) is 2. The molecule has 1 aromatic rings. The second-order valence-corrected chi connectivity index (χ2v) is 4.22. The van der Waals surface area contributed by atoms with Crippen molar-refractivity contribution in [2.75, 3.05) is 6.61 Å². The summed E-state index contributed by atoms with van der Waals surface area (Å²) in [6.45, 7) is 6.84. The van der Waals surface area contributed by atoms with Crippen molar-refractivity contribution in [1.29, 1.82) is 0 Å². The molecule has 0 amide bonds. The first-order chi connectivity index (χ1) is 7.75. The maximum absolute atomic E-state index is 5.58. The molecule has 2 heteroatoms. The highest BCUT2D eigenvalue weighted by Crippen LogP contribution is 2.22. The molecule has 2 nitrogen and oxygen atoms in total.